The first-order valence-corrected chi connectivity index (χ1v) is 8.53. The highest BCUT2D eigenvalue weighted by Crippen LogP contribution is 2.21. The van der Waals surface area contributed by atoms with Gasteiger partial charge in [0.05, 0.1) is 6.04 Å². The molecule has 0 radical (unpaired) electrons. The van der Waals surface area contributed by atoms with Gasteiger partial charge in [-0.3, -0.25) is 9.59 Å². The molecule has 4 N–H and O–H groups in total. The first-order chi connectivity index (χ1) is 11.4. The Bertz CT molecular complexity index is 609. The van der Waals surface area contributed by atoms with E-state index >= 15 is 0 Å². The Morgan fingerprint density at radius 2 is 2.21 bits per heavy atom. The fraction of sp³-hybridized carbons (Fsp3) is 0.529. The van der Waals surface area contributed by atoms with Crippen LogP contribution < -0.4 is 16.0 Å². The Balaban J connectivity index is 1.83. The summed E-state index contributed by atoms with van der Waals surface area (Å²) in [6, 6.07) is 3.74. The molecular formula is C17H24ClN3O3. The van der Waals surface area contributed by atoms with Crippen molar-refractivity contribution in [1.82, 2.24) is 16.0 Å². The molecule has 7 heteroatoms. The molecule has 2 rings (SSSR count). The Morgan fingerprint density at radius 3 is 2.92 bits per heavy atom. The Hall–Kier alpha value is -1.79. The number of carbonyl (C=O) groups is 2. The van der Waals surface area contributed by atoms with Gasteiger partial charge in [-0.05, 0) is 50.4 Å². The second kappa shape index (κ2) is 8.35. The number of phenols is 1. The molecule has 0 aliphatic carbocycles. The predicted octanol–water partition coefficient (Wildman–Crippen LogP) is 1.55. The number of benzene rings is 1. The number of nitrogens with one attached hydrogen (secondary N) is 3. The highest BCUT2D eigenvalue weighted by atomic mass is 35.5. The molecule has 0 spiro atoms. The number of phenolic OH excluding ortho intramolecular Hbond substituents is 1. The molecule has 3 atom stereocenters. The highest BCUT2D eigenvalue weighted by Gasteiger charge is 2.26. The van der Waals surface area contributed by atoms with Gasteiger partial charge >= 0.3 is 0 Å². The second-order valence-corrected chi connectivity index (χ2v) is 6.79. The summed E-state index contributed by atoms with van der Waals surface area (Å²) in [4.78, 5) is 24.4. The fourth-order valence-corrected chi connectivity index (χ4v) is 2.91. The van der Waals surface area contributed by atoms with Crippen LogP contribution in [-0.4, -0.2) is 35.5 Å². The largest absolute Gasteiger partial charge is 0.508 e. The third-order valence-electron chi connectivity index (χ3n) is 4.23. The molecule has 0 aromatic heterocycles. The van der Waals surface area contributed by atoms with Crippen LogP contribution in [0.4, 0.5) is 0 Å². The van der Waals surface area contributed by atoms with Crippen molar-refractivity contribution in [2.24, 2.45) is 5.92 Å². The van der Waals surface area contributed by atoms with Gasteiger partial charge in [0.2, 0.25) is 11.8 Å². The van der Waals surface area contributed by atoms with Gasteiger partial charge in [-0.2, -0.15) is 0 Å². The van der Waals surface area contributed by atoms with Crippen LogP contribution in [0.3, 0.4) is 0 Å². The maximum atomic E-state index is 12.2. The average Bonchev–Trinajstić information content (AvgIpc) is 2.55. The number of amides is 2. The molecule has 1 aliphatic heterocycles. The maximum absolute atomic E-state index is 12.2. The number of hydrogen-bond donors (Lipinski definition) is 4. The van der Waals surface area contributed by atoms with Crippen LogP contribution in [0.5, 0.6) is 5.75 Å². The summed E-state index contributed by atoms with van der Waals surface area (Å²) in [5, 5.41) is 18.8. The number of aromatic hydroxyl groups is 1. The average molecular weight is 354 g/mol. The normalized spacial score (nSPS) is 21.8. The second-order valence-electron chi connectivity index (χ2n) is 6.36. The summed E-state index contributed by atoms with van der Waals surface area (Å²) in [7, 11) is 0. The van der Waals surface area contributed by atoms with Crippen LogP contribution in [0.1, 0.15) is 32.3 Å². The van der Waals surface area contributed by atoms with Crippen molar-refractivity contribution in [3.63, 3.8) is 0 Å². The van der Waals surface area contributed by atoms with E-state index < -0.39 is 6.04 Å². The van der Waals surface area contributed by atoms with Gasteiger partial charge in [0.25, 0.3) is 0 Å². The van der Waals surface area contributed by atoms with E-state index in [0.717, 1.165) is 19.4 Å². The van der Waals surface area contributed by atoms with Crippen LogP contribution in [0, 0.1) is 5.92 Å². The zero-order valence-corrected chi connectivity index (χ0v) is 14.7. The van der Waals surface area contributed by atoms with E-state index in [1.807, 2.05) is 0 Å². The van der Waals surface area contributed by atoms with Crippen molar-refractivity contribution in [2.45, 2.75) is 45.3 Å². The molecule has 1 aliphatic rings. The van der Waals surface area contributed by atoms with Crippen molar-refractivity contribution in [1.29, 1.82) is 0 Å². The molecule has 1 aromatic rings. The minimum absolute atomic E-state index is 0.0665. The lowest BCUT2D eigenvalue weighted by molar-refractivity contribution is -0.130. The van der Waals surface area contributed by atoms with Crippen molar-refractivity contribution in [3.05, 3.63) is 28.8 Å². The van der Waals surface area contributed by atoms with Crippen molar-refractivity contribution in [3.8, 4) is 5.75 Å². The van der Waals surface area contributed by atoms with E-state index in [1.165, 1.54) is 6.07 Å². The molecule has 0 saturated carbocycles. The summed E-state index contributed by atoms with van der Waals surface area (Å²) >= 11 is 5.87. The third-order valence-corrected chi connectivity index (χ3v) is 4.46. The number of carbonyl (C=O) groups excluding carboxylic acids is 2. The van der Waals surface area contributed by atoms with Crippen LogP contribution >= 0.6 is 11.6 Å². The standard InChI is InChI=1S/C17H24ClN3O3/c1-10-5-6-19-14(7-10)17(24)21-11(2)16(23)20-9-12-8-13(18)3-4-15(12)22/h3-4,8,10-11,14,19,22H,5-7,9H2,1-2H3,(H,20,23)(H,21,24)/t10-,11-,14+/m0/s1. The summed E-state index contributed by atoms with van der Waals surface area (Å²) in [6.45, 7) is 4.71. The number of piperidine rings is 1. The van der Waals surface area contributed by atoms with Crippen LogP contribution in [0.15, 0.2) is 18.2 Å². The van der Waals surface area contributed by atoms with Crippen LogP contribution in [0.2, 0.25) is 5.02 Å². The van der Waals surface area contributed by atoms with Crippen LogP contribution in [-0.2, 0) is 16.1 Å². The number of rotatable bonds is 5. The summed E-state index contributed by atoms with van der Waals surface area (Å²) in [5.41, 5.74) is 0.525. The molecule has 1 fully saturated rings. The molecule has 0 unspecified atom stereocenters. The molecule has 24 heavy (non-hydrogen) atoms. The Kier molecular flexibility index (Phi) is 6.45. The van der Waals surface area contributed by atoms with E-state index in [9.17, 15) is 14.7 Å². The lowest BCUT2D eigenvalue weighted by atomic mass is 9.94. The fourth-order valence-electron chi connectivity index (χ4n) is 2.72. The monoisotopic (exact) mass is 353 g/mol. The molecule has 2 amide bonds. The van der Waals surface area contributed by atoms with E-state index in [1.54, 1.807) is 19.1 Å². The Labute approximate surface area is 147 Å². The molecule has 0 bridgehead atoms. The molecule has 1 aromatic carbocycles. The first-order valence-electron chi connectivity index (χ1n) is 8.15. The van der Waals surface area contributed by atoms with Crippen molar-refractivity contribution in [2.75, 3.05) is 6.54 Å². The molecule has 1 saturated heterocycles. The summed E-state index contributed by atoms with van der Waals surface area (Å²) in [6.07, 6.45) is 1.83. The zero-order valence-electron chi connectivity index (χ0n) is 13.9. The van der Waals surface area contributed by atoms with Gasteiger partial charge in [-0.25, -0.2) is 0 Å². The summed E-state index contributed by atoms with van der Waals surface area (Å²) in [5.74, 6) is 0.0927. The molecule has 1 heterocycles. The first kappa shape index (κ1) is 18.5. The maximum Gasteiger partial charge on any atom is 0.242 e. The van der Waals surface area contributed by atoms with E-state index in [4.69, 9.17) is 11.6 Å². The summed E-state index contributed by atoms with van der Waals surface area (Å²) < 4.78 is 0. The molecule has 6 nitrogen and oxygen atoms in total. The van der Waals surface area contributed by atoms with Crippen molar-refractivity contribution < 1.29 is 14.7 Å². The molecule has 132 valence electrons. The van der Waals surface area contributed by atoms with E-state index in [-0.39, 0.29) is 30.2 Å². The SMILES string of the molecule is C[C@H]1CCN[C@@H](C(=O)N[C@@H](C)C(=O)NCc2cc(Cl)ccc2O)C1. The predicted molar refractivity (Wildman–Crippen MR) is 92.8 cm³/mol. The topological polar surface area (TPSA) is 90.5 Å². The lowest BCUT2D eigenvalue weighted by Gasteiger charge is -2.28. The van der Waals surface area contributed by atoms with Gasteiger partial charge in [0, 0.05) is 17.1 Å². The quantitative estimate of drug-likeness (QED) is 0.646. The third kappa shape index (κ3) is 5.11. The number of hydrogen-bond acceptors (Lipinski definition) is 4. The van der Waals surface area contributed by atoms with Gasteiger partial charge in [0.1, 0.15) is 11.8 Å². The lowest BCUT2D eigenvalue weighted by Crippen LogP contribution is -2.53. The van der Waals surface area contributed by atoms with Gasteiger partial charge in [0.15, 0.2) is 0 Å². The minimum atomic E-state index is -0.655. The molecular weight excluding hydrogens is 330 g/mol. The van der Waals surface area contributed by atoms with Gasteiger partial charge in [-0.1, -0.05) is 18.5 Å². The smallest absolute Gasteiger partial charge is 0.242 e. The van der Waals surface area contributed by atoms with E-state index in [0.29, 0.717) is 16.5 Å². The van der Waals surface area contributed by atoms with Crippen LogP contribution in [0.25, 0.3) is 0 Å². The minimum Gasteiger partial charge on any atom is -0.508 e. The Morgan fingerprint density at radius 1 is 1.46 bits per heavy atom. The zero-order chi connectivity index (χ0) is 17.7. The van der Waals surface area contributed by atoms with E-state index in [2.05, 4.69) is 22.9 Å². The van der Waals surface area contributed by atoms with Gasteiger partial charge < -0.3 is 21.1 Å². The highest BCUT2D eigenvalue weighted by molar-refractivity contribution is 6.30. The van der Waals surface area contributed by atoms with Crippen molar-refractivity contribution >= 4 is 23.4 Å². The number of halogens is 1. The van der Waals surface area contributed by atoms with Gasteiger partial charge in [-0.15, -0.1) is 0 Å².